The van der Waals surface area contributed by atoms with Crippen LogP contribution in [0.25, 0.3) is 0 Å². The van der Waals surface area contributed by atoms with Gasteiger partial charge >= 0.3 is 0 Å². The zero-order chi connectivity index (χ0) is 9.56. The molecule has 1 N–H and O–H groups in total. The Morgan fingerprint density at radius 3 is 2.33 bits per heavy atom. The normalized spacial score (nSPS) is 13.2. The lowest BCUT2D eigenvalue weighted by Gasteiger charge is -1.98. The lowest BCUT2D eigenvalue weighted by atomic mass is 10.2. The summed E-state index contributed by atoms with van der Waals surface area (Å²) >= 11 is 0. The van der Waals surface area contributed by atoms with Crippen molar-refractivity contribution in [2.75, 3.05) is 6.54 Å². The molecular weight excluding hydrogens is 156 g/mol. The Labute approximate surface area is 72.0 Å². The van der Waals surface area contributed by atoms with Crippen molar-refractivity contribution in [3.63, 3.8) is 0 Å². The highest BCUT2D eigenvalue weighted by Crippen LogP contribution is 1.88. The number of carbonyl (C=O) groups excluding carboxylic acids is 1. The summed E-state index contributed by atoms with van der Waals surface area (Å²) in [5.41, 5.74) is 0.537. The zero-order valence-electron chi connectivity index (χ0n) is 7.66. The van der Waals surface area contributed by atoms with Crippen LogP contribution in [0.2, 0.25) is 0 Å². The first-order valence-electron chi connectivity index (χ1n) is 3.87. The fourth-order valence-electron chi connectivity index (χ4n) is 0.752. The molecule has 0 spiro atoms. The molecule has 0 aliphatic heterocycles. The van der Waals surface area contributed by atoms with Crippen LogP contribution in [0.4, 0.5) is 0 Å². The second-order valence-electron chi connectivity index (χ2n) is 2.47. The summed E-state index contributed by atoms with van der Waals surface area (Å²) in [5, 5.41) is 11.3. The highest BCUT2D eigenvalue weighted by molar-refractivity contribution is 6.66. The predicted molar refractivity (Wildman–Crippen MR) is 48.2 cm³/mol. The maximum atomic E-state index is 10.8. The Balaban J connectivity index is 4.43. The first kappa shape index (κ1) is 10.8. The average molecular weight is 170 g/mol. The van der Waals surface area contributed by atoms with E-state index in [4.69, 9.17) is 5.21 Å². The predicted octanol–water partition coefficient (Wildman–Crippen LogP) is 1.28. The van der Waals surface area contributed by atoms with Gasteiger partial charge in [0.1, 0.15) is 0 Å². The summed E-state index contributed by atoms with van der Waals surface area (Å²) in [7, 11) is 0. The second-order valence-corrected chi connectivity index (χ2v) is 2.47. The SMILES string of the molecule is CCCN=C(C)C(=NO)C(C)=O. The highest BCUT2D eigenvalue weighted by atomic mass is 16.4. The molecule has 0 aromatic rings. The maximum absolute atomic E-state index is 10.8. The van der Waals surface area contributed by atoms with Gasteiger partial charge in [0.15, 0.2) is 11.5 Å². The Morgan fingerprint density at radius 2 is 2.00 bits per heavy atom. The molecule has 0 rings (SSSR count). The van der Waals surface area contributed by atoms with Gasteiger partial charge < -0.3 is 5.21 Å². The van der Waals surface area contributed by atoms with Crippen LogP contribution in [-0.2, 0) is 4.79 Å². The average Bonchev–Trinajstić information content (AvgIpc) is 2.01. The molecule has 68 valence electrons. The number of Topliss-reactive ketones (excluding diaryl/α,β-unsaturated/α-hetero) is 1. The maximum Gasteiger partial charge on any atom is 0.183 e. The van der Waals surface area contributed by atoms with E-state index in [-0.39, 0.29) is 11.5 Å². The van der Waals surface area contributed by atoms with Crippen LogP contribution in [0.3, 0.4) is 0 Å². The van der Waals surface area contributed by atoms with E-state index in [2.05, 4.69) is 10.1 Å². The van der Waals surface area contributed by atoms with Crippen LogP contribution in [0.15, 0.2) is 10.1 Å². The van der Waals surface area contributed by atoms with Crippen LogP contribution < -0.4 is 0 Å². The molecule has 0 heterocycles. The number of hydrogen-bond acceptors (Lipinski definition) is 4. The van der Waals surface area contributed by atoms with Gasteiger partial charge in [0.25, 0.3) is 0 Å². The minimum atomic E-state index is -0.269. The lowest BCUT2D eigenvalue weighted by molar-refractivity contribution is -0.111. The van der Waals surface area contributed by atoms with Crippen LogP contribution in [0.1, 0.15) is 27.2 Å². The van der Waals surface area contributed by atoms with Gasteiger partial charge in [-0.05, 0) is 13.3 Å². The first-order valence-corrected chi connectivity index (χ1v) is 3.87. The van der Waals surface area contributed by atoms with Crippen molar-refractivity contribution in [2.45, 2.75) is 27.2 Å². The van der Waals surface area contributed by atoms with E-state index in [0.717, 1.165) is 6.42 Å². The molecule has 4 nitrogen and oxygen atoms in total. The molecule has 0 amide bonds. The number of nitrogens with zero attached hydrogens (tertiary/aromatic N) is 2. The van der Waals surface area contributed by atoms with Gasteiger partial charge in [-0.2, -0.15) is 0 Å². The monoisotopic (exact) mass is 170 g/mol. The van der Waals surface area contributed by atoms with E-state index >= 15 is 0 Å². The van der Waals surface area contributed by atoms with Crippen molar-refractivity contribution in [2.24, 2.45) is 10.1 Å². The van der Waals surface area contributed by atoms with Gasteiger partial charge in [-0.3, -0.25) is 9.79 Å². The fourth-order valence-corrected chi connectivity index (χ4v) is 0.752. The molecule has 4 heteroatoms. The van der Waals surface area contributed by atoms with Gasteiger partial charge in [0.2, 0.25) is 0 Å². The summed E-state index contributed by atoms with van der Waals surface area (Å²) in [5.74, 6) is -0.269. The number of rotatable bonds is 4. The van der Waals surface area contributed by atoms with Gasteiger partial charge in [-0.1, -0.05) is 12.1 Å². The molecule has 0 aliphatic carbocycles. The second kappa shape index (κ2) is 5.46. The van der Waals surface area contributed by atoms with Crippen LogP contribution >= 0.6 is 0 Å². The van der Waals surface area contributed by atoms with Crippen LogP contribution in [0, 0.1) is 0 Å². The molecule has 0 aromatic heterocycles. The lowest BCUT2D eigenvalue weighted by Crippen LogP contribution is -2.19. The third-order valence-electron chi connectivity index (χ3n) is 1.35. The van der Waals surface area contributed by atoms with Gasteiger partial charge in [-0.25, -0.2) is 0 Å². The first-order chi connectivity index (χ1) is 5.63. The van der Waals surface area contributed by atoms with Crippen LogP contribution in [0.5, 0.6) is 0 Å². The number of ketones is 1. The standard InChI is InChI=1S/C8H14N2O2/c1-4-5-9-6(2)8(10-12)7(3)11/h12H,4-5H2,1-3H3. The molecule has 0 aromatic carbocycles. The van der Waals surface area contributed by atoms with Crippen molar-refractivity contribution in [3.05, 3.63) is 0 Å². The Hall–Kier alpha value is -1.19. The molecule has 0 saturated heterocycles. The Kier molecular flexibility index (Phi) is 4.92. The molecular formula is C8H14N2O2. The number of oxime groups is 1. The summed E-state index contributed by atoms with van der Waals surface area (Å²) < 4.78 is 0. The summed E-state index contributed by atoms with van der Waals surface area (Å²) in [6, 6.07) is 0. The van der Waals surface area contributed by atoms with Gasteiger partial charge in [0, 0.05) is 13.5 Å². The number of hydrogen-bond donors (Lipinski definition) is 1. The van der Waals surface area contributed by atoms with E-state index in [0.29, 0.717) is 12.3 Å². The largest absolute Gasteiger partial charge is 0.410 e. The molecule has 0 saturated carbocycles. The number of carbonyl (C=O) groups is 1. The van der Waals surface area contributed by atoms with E-state index < -0.39 is 0 Å². The third-order valence-corrected chi connectivity index (χ3v) is 1.35. The molecule has 0 unspecified atom stereocenters. The summed E-state index contributed by atoms with van der Waals surface area (Å²) in [4.78, 5) is 14.8. The topological polar surface area (TPSA) is 62.0 Å². The van der Waals surface area contributed by atoms with Crippen molar-refractivity contribution in [3.8, 4) is 0 Å². The Morgan fingerprint density at radius 1 is 1.42 bits per heavy atom. The van der Waals surface area contributed by atoms with Crippen molar-refractivity contribution in [1.82, 2.24) is 0 Å². The molecule has 12 heavy (non-hydrogen) atoms. The van der Waals surface area contributed by atoms with Gasteiger partial charge in [0.05, 0.1) is 5.71 Å². The van der Waals surface area contributed by atoms with E-state index in [1.807, 2.05) is 6.92 Å². The van der Waals surface area contributed by atoms with Crippen molar-refractivity contribution in [1.29, 1.82) is 0 Å². The van der Waals surface area contributed by atoms with Gasteiger partial charge in [-0.15, -0.1) is 0 Å². The zero-order valence-corrected chi connectivity index (χ0v) is 7.66. The number of aliphatic imine (C=N–C) groups is 1. The summed E-state index contributed by atoms with van der Waals surface area (Å²) in [6.45, 7) is 5.64. The van der Waals surface area contributed by atoms with E-state index in [1.54, 1.807) is 6.92 Å². The molecule has 0 radical (unpaired) electrons. The third kappa shape index (κ3) is 3.27. The smallest absolute Gasteiger partial charge is 0.183 e. The molecule has 0 fully saturated rings. The summed E-state index contributed by atoms with van der Waals surface area (Å²) in [6.07, 6.45) is 0.911. The van der Waals surface area contributed by atoms with E-state index in [9.17, 15) is 4.79 Å². The van der Waals surface area contributed by atoms with Crippen molar-refractivity contribution < 1.29 is 10.0 Å². The van der Waals surface area contributed by atoms with Crippen LogP contribution in [-0.4, -0.2) is 29.0 Å². The Bertz CT molecular complexity index is 219. The molecule has 0 bridgehead atoms. The minimum Gasteiger partial charge on any atom is -0.410 e. The molecule has 0 aliphatic rings. The van der Waals surface area contributed by atoms with Crippen molar-refractivity contribution >= 4 is 17.2 Å². The highest BCUT2D eigenvalue weighted by Gasteiger charge is 2.09. The quantitative estimate of drug-likeness (QED) is 0.392. The van der Waals surface area contributed by atoms with E-state index in [1.165, 1.54) is 6.92 Å². The minimum absolute atomic E-state index is 0.0449. The molecule has 0 atom stereocenters. The fraction of sp³-hybridized carbons (Fsp3) is 0.625.